The van der Waals surface area contributed by atoms with Gasteiger partial charge < -0.3 is 10.6 Å². The van der Waals surface area contributed by atoms with Crippen LogP contribution in [0.5, 0.6) is 0 Å². The molecule has 1 fully saturated rings. The van der Waals surface area contributed by atoms with E-state index in [1.54, 1.807) is 0 Å². The number of halogens is 1. The van der Waals surface area contributed by atoms with Gasteiger partial charge >= 0.3 is 0 Å². The van der Waals surface area contributed by atoms with Crippen LogP contribution >= 0.6 is 24.0 Å². The van der Waals surface area contributed by atoms with Crippen molar-refractivity contribution in [2.45, 2.75) is 70.5 Å². The molecule has 6 nitrogen and oxygen atoms in total. The van der Waals surface area contributed by atoms with Crippen molar-refractivity contribution in [1.82, 2.24) is 25.4 Å². The molecule has 4 rings (SSSR count). The minimum Gasteiger partial charge on any atom is -0.353 e. The molecular formula is C21H31IN6. The number of aryl methyl sites for hydroxylation is 1. The minimum atomic E-state index is 0. The molecular weight excluding hydrogens is 463 g/mol. The lowest BCUT2D eigenvalue weighted by Crippen LogP contribution is -2.48. The van der Waals surface area contributed by atoms with Gasteiger partial charge in [-0.3, -0.25) is 4.99 Å². The number of guanidine groups is 1. The van der Waals surface area contributed by atoms with Crippen molar-refractivity contribution in [3.63, 3.8) is 0 Å². The fourth-order valence-electron chi connectivity index (χ4n) is 3.77. The van der Waals surface area contributed by atoms with Gasteiger partial charge in [-0.2, -0.15) is 5.10 Å². The van der Waals surface area contributed by atoms with Crippen LogP contribution in [0.15, 0.2) is 35.3 Å². The zero-order chi connectivity index (χ0) is 18.8. The van der Waals surface area contributed by atoms with E-state index in [1.165, 1.54) is 12.0 Å². The summed E-state index contributed by atoms with van der Waals surface area (Å²) in [4.78, 5) is 9.35. The molecule has 0 saturated heterocycles. The Bertz CT molecular complexity index is 800. The second-order valence-electron chi connectivity index (χ2n) is 7.93. The van der Waals surface area contributed by atoms with E-state index < -0.39 is 0 Å². The van der Waals surface area contributed by atoms with Crippen LogP contribution in [0.1, 0.15) is 62.7 Å². The molecule has 1 aromatic carbocycles. The lowest BCUT2D eigenvalue weighted by molar-refractivity contribution is 0.391. The van der Waals surface area contributed by atoms with Gasteiger partial charge in [-0.25, -0.2) is 9.67 Å². The van der Waals surface area contributed by atoms with Crippen molar-refractivity contribution in [2.75, 3.05) is 6.54 Å². The van der Waals surface area contributed by atoms with Crippen molar-refractivity contribution in [2.24, 2.45) is 4.99 Å². The normalized spacial score (nSPS) is 23.7. The van der Waals surface area contributed by atoms with E-state index in [2.05, 4.69) is 81.5 Å². The summed E-state index contributed by atoms with van der Waals surface area (Å²) in [6, 6.07) is 11.6. The summed E-state index contributed by atoms with van der Waals surface area (Å²) in [5.41, 5.74) is 1.41. The third-order valence-electron chi connectivity index (χ3n) is 5.39. The Labute approximate surface area is 184 Å². The van der Waals surface area contributed by atoms with Gasteiger partial charge in [-0.1, -0.05) is 44.2 Å². The molecule has 1 saturated carbocycles. The number of nitrogens with one attached hydrogen (secondary N) is 2. The smallest absolute Gasteiger partial charge is 0.191 e. The molecule has 2 N–H and O–H groups in total. The molecule has 28 heavy (non-hydrogen) atoms. The quantitative estimate of drug-likeness (QED) is 0.380. The Morgan fingerprint density at radius 2 is 2.04 bits per heavy atom. The molecule has 3 unspecified atom stereocenters. The summed E-state index contributed by atoms with van der Waals surface area (Å²) in [5.74, 6) is 3.97. The Morgan fingerprint density at radius 3 is 2.75 bits per heavy atom. The van der Waals surface area contributed by atoms with Crippen LogP contribution in [0.25, 0.3) is 0 Å². The summed E-state index contributed by atoms with van der Waals surface area (Å²) in [6.07, 6.45) is 3.20. The van der Waals surface area contributed by atoms with Crippen LogP contribution in [0.3, 0.4) is 0 Å². The van der Waals surface area contributed by atoms with Crippen LogP contribution < -0.4 is 10.6 Å². The van der Waals surface area contributed by atoms with Crippen LogP contribution in [0.4, 0.5) is 0 Å². The Hall–Kier alpha value is -1.64. The van der Waals surface area contributed by atoms with E-state index in [9.17, 15) is 0 Å². The van der Waals surface area contributed by atoms with Crippen molar-refractivity contribution in [3.05, 3.63) is 47.5 Å². The second-order valence-corrected chi connectivity index (χ2v) is 7.93. The predicted octanol–water partition coefficient (Wildman–Crippen LogP) is 3.45. The van der Waals surface area contributed by atoms with Crippen molar-refractivity contribution < 1.29 is 0 Å². The first-order valence-electron chi connectivity index (χ1n) is 10.2. The zero-order valence-corrected chi connectivity index (χ0v) is 19.3. The van der Waals surface area contributed by atoms with Crippen molar-refractivity contribution in [3.8, 4) is 0 Å². The predicted molar refractivity (Wildman–Crippen MR) is 123 cm³/mol. The molecule has 2 aromatic rings. The summed E-state index contributed by atoms with van der Waals surface area (Å²) < 4.78 is 2.07. The number of hydrogen-bond donors (Lipinski definition) is 2. The van der Waals surface area contributed by atoms with Crippen LogP contribution in [0.2, 0.25) is 0 Å². The molecule has 2 aliphatic rings. The van der Waals surface area contributed by atoms with Gasteiger partial charge in [0.25, 0.3) is 0 Å². The first kappa shape index (κ1) is 21.1. The first-order chi connectivity index (χ1) is 13.1. The van der Waals surface area contributed by atoms with E-state index in [-0.39, 0.29) is 24.0 Å². The highest BCUT2D eigenvalue weighted by molar-refractivity contribution is 14.0. The molecule has 3 atom stereocenters. The number of aromatic nitrogens is 3. The van der Waals surface area contributed by atoms with Gasteiger partial charge in [0.1, 0.15) is 5.82 Å². The maximum absolute atomic E-state index is 4.68. The van der Waals surface area contributed by atoms with E-state index >= 15 is 0 Å². The number of hydrogen-bond acceptors (Lipinski definition) is 3. The highest BCUT2D eigenvalue weighted by atomic mass is 127. The van der Waals surface area contributed by atoms with E-state index in [1.807, 2.05) is 0 Å². The fraction of sp³-hybridized carbons (Fsp3) is 0.571. The molecule has 0 spiro atoms. The maximum Gasteiger partial charge on any atom is 0.191 e. The highest BCUT2D eigenvalue weighted by Gasteiger charge is 2.39. The third kappa shape index (κ3) is 4.85. The SMILES string of the molecule is CCN=C(NC1CCc2nc(C(C)C)nn2C1)NC1CC1c1ccccc1.I. The largest absolute Gasteiger partial charge is 0.353 e. The lowest BCUT2D eigenvalue weighted by Gasteiger charge is -2.25. The topological polar surface area (TPSA) is 67.1 Å². The Balaban J connectivity index is 0.00000225. The molecule has 0 radical (unpaired) electrons. The summed E-state index contributed by atoms with van der Waals surface area (Å²) in [7, 11) is 0. The van der Waals surface area contributed by atoms with Gasteiger partial charge in [-0.15, -0.1) is 24.0 Å². The van der Waals surface area contributed by atoms with Gasteiger partial charge in [0.15, 0.2) is 11.8 Å². The van der Waals surface area contributed by atoms with Gasteiger partial charge in [0.2, 0.25) is 0 Å². The molecule has 0 amide bonds. The zero-order valence-electron chi connectivity index (χ0n) is 16.9. The van der Waals surface area contributed by atoms with Gasteiger partial charge in [0, 0.05) is 36.9 Å². The molecule has 152 valence electrons. The minimum absolute atomic E-state index is 0. The first-order valence-corrected chi connectivity index (χ1v) is 10.2. The van der Waals surface area contributed by atoms with Crippen molar-refractivity contribution in [1.29, 1.82) is 0 Å². The molecule has 7 heteroatoms. The van der Waals surface area contributed by atoms with E-state index in [0.717, 1.165) is 43.5 Å². The van der Waals surface area contributed by atoms with Gasteiger partial charge in [0.05, 0.1) is 6.54 Å². The lowest BCUT2D eigenvalue weighted by atomic mass is 10.1. The number of aliphatic imine (C=N–C) groups is 1. The van der Waals surface area contributed by atoms with Crippen LogP contribution in [0, 0.1) is 0 Å². The second kappa shape index (κ2) is 9.24. The molecule has 1 aliphatic carbocycles. The molecule has 1 aromatic heterocycles. The van der Waals surface area contributed by atoms with Crippen molar-refractivity contribution >= 4 is 29.9 Å². The summed E-state index contributed by atoms with van der Waals surface area (Å²) in [5, 5.41) is 11.9. The molecule has 0 bridgehead atoms. The molecule has 2 heterocycles. The van der Waals surface area contributed by atoms with Crippen LogP contribution in [-0.2, 0) is 13.0 Å². The number of benzene rings is 1. The average molecular weight is 494 g/mol. The Morgan fingerprint density at radius 1 is 1.25 bits per heavy atom. The number of nitrogens with zero attached hydrogens (tertiary/aromatic N) is 4. The highest BCUT2D eigenvalue weighted by Crippen LogP contribution is 2.40. The average Bonchev–Trinajstić information content (AvgIpc) is 3.29. The summed E-state index contributed by atoms with van der Waals surface area (Å²) >= 11 is 0. The van der Waals surface area contributed by atoms with Crippen LogP contribution in [-0.4, -0.2) is 39.4 Å². The van der Waals surface area contributed by atoms with E-state index in [4.69, 9.17) is 0 Å². The standard InChI is InChI=1S/C21H30N6.HI/c1-4-22-21(24-18-12-17(18)15-8-6-5-7-9-15)23-16-10-11-19-25-20(14(2)3)26-27(19)13-16;/h5-9,14,16-18H,4,10-13H2,1-3H3,(H2,22,23,24);1H. The monoisotopic (exact) mass is 494 g/mol. The fourth-order valence-corrected chi connectivity index (χ4v) is 3.77. The van der Waals surface area contributed by atoms with Gasteiger partial charge in [-0.05, 0) is 25.3 Å². The maximum atomic E-state index is 4.68. The Kier molecular flexibility index (Phi) is 6.95. The molecule has 1 aliphatic heterocycles. The number of fused-ring (bicyclic) bond motifs is 1. The number of rotatable bonds is 5. The third-order valence-corrected chi connectivity index (χ3v) is 5.39. The summed E-state index contributed by atoms with van der Waals surface area (Å²) in [6.45, 7) is 8.00. The van der Waals surface area contributed by atoms with E-state index in [0.29, 0.717) is 23.9 Å².